The van der Waals surface area contributed by atoms with Crippen LogP contribution in [0.15, 0.2) is 10.7 Å². The highest BCUT2D eigenvalue weighted by atomic mass is 79.9. The van der Waals surface area contributed by atoms with Crippen molar-refractivity contribution in [1.82, 2.24) is 4.98 Å². The Morgan fingerprint density at radius 1 is 1.59 bits per heavy atom. The normalized spacial score (nSPS) is 10.7. The predicted molar refractivity (Wildman–Crippen MR) is 65.5 cm³/mol. The Balaban J connectivity index is 3.36. The largest absolute Gasteiger partial charge is 0.462 e. The van der Waals surface area contributed by atoms with Gasteiger partial charge in [0.25, 0.3) is 6.43 Å². The summed E-state index contributed by atoms with van der Waals surface area (Å²) in [6, 6.07) is 1.51. The van der Waals surface area contributed by atoms with E-state index >= 15 is 0 Å². The molecule has 0 aliphatic carbocycles. The summed E-state index contributed by atoms with van der Waals surface area (Å²) in [4.78, 5) is 15.3. The first-order valence-corrected chi connectivity index (χ1v) is 6.63. The average molecular weight is 373 g/mol. The molecule has 0 N–H and O–H groups in total. The fraction of sp³-hybridized carbons (Fsp3) is 0.400. The molecule has 1 aromatic rings. The Morgan fingerprint density at radius 3 is 2.71 bits per heavy atom. The van der Waals surface area contributed by atoms with Crippen LogP contribution in [-0.4, -0.2) is 17.6 Å². The summed E-state index contributed by atoms with van der Waals surface area (Å²) in [6.07, 6.45) is -2.83. The first-order valence-electron chi connectivity index (χ1n) is 4.71. The van der Waals surface area contributed by atoms with Gasteiger partial charge in [0, 0.05) is 5.33 Å². The van der Waals surface area contributed by atoms with Gasteiger partial charge in [-0.1, -0.05) is 15.9 Å². The molecular formula is C10H9Br2F2NO2. The van der Waals surface area contributed by atoms with Gasteiger partial charge in [0.2, 0.25) is 0 Å². The van der Waals surface area contributed by atoms with E-state index in [2.05, 4.69) is 36.8 Å². The second kappa shape index (κ2) is 6.39. The maximum absolute atomic E-state index is 12.8. The number of carbonyl (C=O) groups is 1. The minimum atomic E-state index is -2.83. The Bertz CT molecular complexity index is 427. The molecule has 0 fully saturated rings. The number of rotatable bonds is 4. The second-order valence-corrected chi connectivity index (χ2v) is 4.39. The lowest BCUT2D eigenvalue weighted by Crippen LogP contribution is -2.13. The van der Waals surface area contributed by atoms with E-state index in [9.17, 15) is 13.6 Å². The van der Waals surface area contributed by atoms with Crippen LogP contribution in [0, 0.1) is 0 Å². The topological polar surface area (TPSA) is 39.2 Å². The molecule has 0 saturated carbocycles. The fourth-order valence-electron chi connectivity index (χ4n) is 1.29. The Hall–Kier alpha value is -0.560. The molecule has 0 saturated heterocycles. The van der Waals surface area contributed by atoms with Crippen LogP contribution < -0.4 is 0 Å². The molecule has 0 radical (unpaired) electrons. The third kappa shape index (κ3) is 3.45. The molecule has 0 bridgehead atoms. The van der Waals surface area contributed by atoms with Gasteiger partial charge in [-0.15, -0.1) is 0 Å². The Kier molecular flexibility index (Phi) is 5.45. The summed E-state index contributed by atoms with van der Waals surface area (Å²) in [5.41, 5.74) is -0.310. The summed E-state index contributed by atoms with van der Waals surface area (Å²) in [5, 5.41) is 0.266. The van der Waals surface area contributed by atoms with E-state index < -0.39 is 18.1 Å². The molecule has 0 aliphatic rings. The van der Waals surface area contributed by atoms with Gasteiger partial charge in [0.05, 0.1) is 12.2 Å². The third-order valence-electron chi connectivity index (χ3n) is 1.93. The van der Waals surface area contributed by atoms with Crippen molar-refractivity contribution >= 4 is 37.8 Å². The van der Waals surface area contributed by atoms with E-state index in [1.165, 1.54) is 6.07 Å². The van der Waals surface area contributed by atoms with Crippen molar-refractivity contribution in [3.63, 3.8) is 0 Å². The summed E-state index contributed by atoms with van der Waals surface area (Å²) < 4.78 is 30.6. The van der Waals surface area contributed by atoms with Crippen molar-refractivity contribution in [2.45, 2.75) is 18.7 Å². The lowest BCUT2D eigenvalue weighted by Gasteiger charge is -2.11. The van der Waals surface area contributed by atoms with Crippen molar-refractivity contribution in [3.8, 4) is 0 Å². The highest BCUT2D eigenvalue weighted by Gasteiger charge is 2.25. The summed E-state index contributed by atoms with van der Waals surface area (Å²) in [7, 11) is 0. The molecule has 3 nitrogen and oxygen atoms in total. The van der Waals surface area contributed by atoms with Crippen LogP contribution in [0.4, 0.5) is 8.78 Å². The van der Waals surface area contributed by atoms with Crippen LogP contribution in [0.25, 0.3) is 0 Å². The quantitative estimate of drug-likeness (QED) is 0.457. The molecule has 0 aromatic carbocycles. The van der Waals surface area contributed by atoms with Crippen LogP contribution in [0.3, 0.4) is 0 Å². The fourth-order valence-corrected chi connectivity index (χ4v) is 2.20. The zero-order valence-corrected chi connectivity index (χ0v) is 12.0. The minimum Gasteiger partial charge on any atom is -0.462 e. The summed E-state index contributed by atoms with van der Waals surface area (Å²) in [5.74, 6) is -0.780. The summed E-state index contributed by atoms with van der Waals surface area (Å²) in [6.45, 7) is 1.74. The Morgan fingerprint density at radius 2 is 2.24 bits per heavy atom. The van der Waals surface area contributed by atoms with Crippen LogP contribution in [0.2, 0.25) is 0 Å². The van der Waals surface area contributed by atoms with Gasteiger partial charge in [0.1, 0.15) is 10.3 Å². The molecule has 94 valence electrons. The van der Waals surface area contributed by atoms with Crippen LogP contribution in [0.1, 0.15) is 35.0 Å². The number of pyridine rings is 1. The maximum atomic E-state index is 12.8. The van der Waals surface area contributed by atoms with E-state index in [1.54, 1.807) is 6.92 Å². The number of alkyl halides is 3. The van der Waals surface area contributed by atoms with Gasteiger partial charge < -0.3 is 4.74 Å². The van der Waals surface area contributed by atoms with Crippen molar-refractivity contribution in [1.29, 1.82) is 0 Å². The summed E-state index contributed by atoms with van der Waals surface area (Å²) >= 11 is 6.17. The molecule has 0 aliphatic heterocycles. The lowest BCUT2D eigenvalue weighted by molar-refractivity contribution is 0.0512. The average Bonchev–Trinajstić information content (AvgIpc) is 2.27. The van der Waals surface area contributed by atoms with Gasteiger partial charge in [-0.05, 0) is 34.5 Å². The zero-order chi connectivity index (χ0) is 13.0. The van der Waals surface area contributed by atoms with Gasteiger partial charge in [-0.25, -0.2) is 18.6 Å². The number of esters is 1. The molecule has 7 heteroatoms. The van der Waals surface area contributed by atoms with Crippen molar-refractivity contribution in [2.75, 3.05) is 6.61 Å². The molecule has 1 heterocycles. The molecule has 17 heavy (non-hydrogen) atoms. The highest BCUT2D eigenvalue weighted by molar-refractivity contribution is 9.10. The lowest BCUT2D eigenvalue weighted by atomic mass is 10.1. The zero-order valence-electron chi connectivity index (χ0n) is 8.84. The van der Waals surface area contributed by atoms with E-state index in [4.69, 9.17) is 4.74 Å². The van der Waals surface area contributed by atoms with Gasteiger partial charge >= 0.3 is 5.97 Å². The van der Waals surface area contributed by atoms with Crippen molar-refractivity contribution in [3.05, 3.63) is 27.5 Å². The van der Waals surface area contributed by atoms with E-state index in [-0.39, 0.29) is 22.1 Å². The first kappa shape index (κ1) is 14.5. The molecule has 0 amide bonds. The molecular weight excluding hydrogens is 364 g/mol. The molecule has 1 rings (SSSR count). The van der Waals surface area contributed by atoms with E-state index in [0.717, 1.165) is 0 Å². The minimum absolute atomic E-state index is 0.124. The highest BCUT2D eigenvalue weighted by Crippen LogP contribution is 2.28. The monoisotopic (exact) mass is 371 g/mol. The number of hydrogen-bond acceptors (Lipinski definition) is 3. The van der Waals surface area contributed by atoms with Gasteiger partial charge in [-0.2, -0.15) is 0 Å². The molecule has 0 spiro atoms. The van der Waals surface area contributed by atoms with Crippen molar-refractivity contribution < 1.29 is 18.3 Å². The number of halogens is 4. The first-order chi connectivity index (χ1) is 8.01. The number of ether oxygens (including phenoxy) is 1. The maximum Gasteiger partial charge on any atom is 0.340 e. The predicted octanol–water partition coefficient (Wildman–Crippen LogP) is 3.85. The smallest absolute Gasteiger partial charge is 0.340 e. The second-order valence-electron chi connectivity index (χ2n) is 3.02. The van der Waals surface area contributed by atoms with Gasteiger partial charge in [-0.3, -0.25) is 0 Å². The van der Waals surface area contributed by atoms with E-state index in [0.29, 0.717) is 5.56 Å². The number of nitrogens with zero attached hydrogens (tertiary/aromatic N) is 1. The standard InChI is InChI=1S/C10H9Br2F2NO2/c1-2-17-10(16)7-5(4-11)3-6(12)15-8(7)9(13)14/h3,9H,2,4H2,1H3. The van der Waals surface area contributed by atoms with E-state index in [1.807, 2.05) is 0 Å². The van der Waals surface area contributed by atoms with Gasteiger partial charge in [0.15, 0.2) is 0 Å². The van der Waals surface area contributed by atoms with Crippen molar-refractivity contribution in [2.24, 2.45) is 0 Å². The number of hydrogen-bond donors (Lipinski definition) is 0. The van der Waals surface area contributed by atoms with Crippen LogP contribution in [-0.2, 0) is 10.1 Å². The third-order valence-corrected chi connectivity index (χ3v) is 2.94. The molecule has 0 unspecified atom stereocenters. The number of aromatic nitrogens is 1. The Labute approximate surface area is 114 Å². The SMILES string of the molecule is CCOC(=O)c1c(CBr)cc(Br)nc1C(F)F. The number of carbonyl (C=O) groups excluding carboxylic acids is 1. The van der Waals surface area contributed by atoms with Crippen LogP contribution in [0.5, 0.6) is 0 Å². The molecule has 1 aromatic heterocycles. The molecule has 0 atom stereocenters. The van der Waals surface area contributed by atoms with Crippen LogP contribution >= 0.6 is 31.9 Å².